The van der Waals surface area contributed by atoms with Crippen LogP contribution >= 0.6 is 0 Å². The minimum Gasteiger partial charge on any atom is -0.466 e. The van der Waals surface area contributed by atoms with E-state index in [0.717, 1.165) is 0 Å². The maximum atomic E-state index is 12.7. The molecule has 1 saturated heterocycles. The highest BCUT2D eigenvalue weighted by Gasteiger charge is 2.44. The number of carbonyl (C=O) groups is 4. The summed E-state index contributed by atoms with van der Waals surface area (Å²) in [5.74, 6) is -1.42. The Morgan fingerprint density at radius 1 is 1.27 bits per heavy atom. The lowest BCUT2D eigenvalue weighted by molar-refractivity contribution is -0.138. The summed E-state index contributed by atoms with van der Waals surface area (Å²) in [6.07, 6.45) is 1.78. The van der Waals surface area contributed by atoms with Crippen molar-refractivity contribution in [3.05, 3.63) is 23.8 Å². The minimum absolute atomic E-state index is 0.00624. The van der Waals surface area contributed by atoms with E-state index in [4.69, 9.17) is 9.47 Å². The van der Waals surface area contributed by atoms with E-state index in [9.17, 15) is 19.2 Å². The minimum atomic E-state index is -0.937. The number of hydrogen-bond acceptors (Lipinski definition) is 6. The number of rotatable bonds is 2. The average Bonchev–Trinajstić information content (AvgIpc) is 2.81. The molecule has 0 aliphatic carbocycles. The summed E-state index contributed by atoms with van der Waals surface area (Å²) in [6, 6.07) is 0. The number of carbonyl (C=O) groups excluding carboxylic acids is 4. The topological polar surface area (TPSA) is 86.7 Å². The molecule has 2 unspecified atom stereocenters. The molecular weight excluding hydrogens is 336 g/mol. The third-order valence-corrected chi connectivity index (χ3v) is 4.96. The van der Waals surface area contributed by atoms with Crippen LogP contribution in [0.3, 0.4) is 0 Å². The molecule has 2 heterocycles. The van der Waals surface area contributed by atoms with Crippen LogP contribution in [-0.2, 0) is 28.7 Å². The fraction of sp³-hybridized carbons (Fsp3) is 0.600. The third kappa shape index (κ3) is 4.75. The van der Waals surface area contributed by atoms with E-state index < -0.39 is 23.6 Å². The number of ether oxygens (including phenoxy) is 2. The van der Waals surface area contributed by atoms with Crippen LogP contribution in [-0.4, -0.2) is 42.1 Å². The summed E-state index contributed by atoms with van der Waals surface area (Å²) >= 11 is 0. The number of hydrogen-bond donors (Lipinski definition) is 0. The molecule has 1 fully saturated rings. The maximum absolute atomic E-state index is 12.7. The SMILES string of the molecule is C=C(C)[C@H]1CC/C=C(/C(=O)OC)CC(=O)CC2(C)CC(=O)C(CC1=O)O2. The molecule has 2 aliphatic heterocycles. The first-order valence-electron chi connectivity index (χ1n) is 8.83. The summed E-state index contributed by atoms with van der Waals surface area (Å²) in [4.78, 5) is 49.3. The second kappa shape index (κ2) is 8.08. The molecule has 0 radical (unpaired) electrons. The molecule has 0 aromatic carbocycles. The second-order valence-corrected chi connectivity index (χ2v) is 7.46. The molecular formula is C20H26O6. The van der Waals surface area contributed by atoms with Gasteiger partial charge in [0.25, 0.3) is 0 Å². The zero-order valence-corrected chi connectivity index (χ0v) is 15.6. The van der Waals surface area contributed by atoms with E-state index in [1.54, 1.807) is 19.9 Å². The van der Waals surface area contributed by atoms with Crippen LogP contribution in [0.5, 0.6) is 0 Å². The molecule has 6 nitrogen and oxygen atoms in total. The molecule has 0 amide bonds. The van der Waals surface area contributed by atoms with Gasteiger partial charge < -0.3 is 9.47 Å². The first kappa shape index (κ1) is 20.2. The summed E-state index contributed by atoms with van der Waals surface area (Å²) < 4.78 is 10.6. The Morgan fingerprint density at radius 2 is 1.96 bits per heavy atom. The van der Waals surface area contributed by atoms with Crippen molar-refractivity contribution >= 4 is 23.3 Å². The number of methoxy groups -OCH3 is 1. The number of esters is 1. The molecule has 142 valence electrons. The van der Waals surface area contributed by atoms with Gasteiger partial charge in [0, 0.05) is 37.2 Å². The zero-order valence-electron chi connectivity index (χ0n) is 15.6. The predicted molar refractivity (Wildman–Crippen MR) is 94.4 cm³/mol. The van der Waals surface area contributed by atoms with Gasteiger partial charge in [-0.2, -0.15) is 0 Å². The van der Waals surface area contributed by atoms with Crippen LogP contribution in [0, 0.1) is 5.92 Å². The van der Waals surface area contributed by atoms with Crippen LogP contribution < -0.4 is 0 Å². The van der Waals surface area contributed by atoms with Crippen LogP contribution in [0.25, 0.3) is 0 Å². The Bertz CT molecular complexity index is 674. The third-order valence-electron chi connectivity index (χ3n) is 4.96. The Balaban J connectivity index is 2.34. The van der Waals surface area contributed by atoms with Gasteiger partial charge in [0.15, 0.2) is 5.78 Å². The Kier molecular flexibility index (Phi) is 6.29. The van der Waals surface area contributed by atoms with Crippen molar-refractivity contribution < 1.29 is 28.7 Å². The van der Waals surface area contributed by atoms with E-state index in [2.05, 4.69) is 6.58 Å². The van der Waals surface area contributed by atoms with Crippen LogP contribution in [0.1, 0.15) is 52.4 Å². The van der Waals surface area contributed by atoms with Crippen molar-refractivity contribution in [2.24, 2.45) is 5.92 Å². The monoisotopic (exact) mass is 362 g/mol. The van der Waals surface area contributed by atoms with Crippen molar-refractivity contribution in [2.45, 2.75) is 64.1 Å². The van der Waals surface area contributed by atoms with Crippen molar-refractivity contribution in [3.63, 3.8) is 0 Å². The maximum Gasteiger partial charge on any atom is 0.333 e. The highest BCUT2D eigenvalue weighted by Crippen LogP contribution is 2.34. The van der Waals surface area contributed by atoms with Gasteiger partial charge in [-0.15, -0.1) is 0 Å². The van der Waals surface area contributed by atoms with Gasteiger partial charge >= 0.3 is 5.97 Å². The molecule has 6 heteroatoms. The van der Waals surface area contributed by atoms with Gasteiger partial charge in [0.1, 0.15) is 17.7 Å². The fourth-order valence-electron chi connectivity index (χ4n) is 3.68. The lowest BCUT2D eigenvalue weighted by Gasteiger charge is -2.23. The average molecular weight is 362 g/mol. The molecule has 0 aromatic heterocycles. The molecule has 0 N–H and O–H groups in total. The molecule has 2 rings (SSSR count). The number of allylic oxidation sites excluding steroid dienone is 2. The quantitative estimate of drug-likeness (QED) is 0.554. The lowest BCUT2D eigenvalue weighted by Crippen LogP contribution is -2.30. The summed E-state index contributed by atoms with van der Waals surface area (Å²) in [6.45, 7) is 7.35. The van der Waals surface area contributed by atoms with Crippen molar-refractivity contribution in [3.8, 4) is 0 Å². The van der Waals surface area contributed by atoms with Crippen LogP contribution in [0.2, 0.25) is 0 Å². The van der Waals surface area contributed by atoms with E-state index in [1.165, 1.54) is 7.11 Å². The second-order valence-electron chi connectivity index (χ2n) is 7.46. The van der Waals surface area contributed by atoms with Crippen molar-refractivity contribution in [1.29, 1.82) is 0 Å². The molecule has 2 aliphatic rings. The molecule has 26 heavy (non-hydrogen) atoms. The van der Waals surface area contributed by atoms with Gasteiger partial charge in [0.2, 0.25) is 0 Å². The van der Waals surface area contributed by atoms with Crippen LogP contribution in [0.15, 0.2) is 23.8 Å². The number of ketones is 3. The largest absolute Gasteiger partial charge is 0.466 e. The van der Waals surface area contributed by atoms with E-state index in [0.29, 0.717) is 18.4 Å². The number of fused-ring (bicyclic) bond motifs is 2. The standard InChI is InChI=1S/C20H26O6/c1-12(2)15-7-5-6-13(19(24)25-4)8-14(21)10-20(3)11-17(23)18(26-20)9-16(15)22/h6,15,18H,1,5,7-11H2,2-4H3/b13-6+/t15-,18?,20?/m1/s1. The van der Waals surface area contributed by atoms with Gasteiger partial charge in [-0.1, -0.05) is 18.2 Å². The van der Waals surface area contributed by atoms with Crippen molar-refractivity contribution in [2.75, 3.05) is 7.11 Å². The molecule has 0 aromatic rings. The first-order valence-corrected chi connectivity index (χ1v) is 8.83. The van der Waals surface area contributed by atoms with Gasteiger partial charge in [-0.3, -0.25) is 14.4 Å². The van der Waals surface area contributed by atoms with Gasteiger partial charge in [-0.25, -0.2) is 4.79 Å². The summed E-state index contributed by atoms with van der Waals surface area (Å²) in [7, 11) is 1.26. The van der Waals surface area contributed by atoms with E-state index in [1.807, 2.05) is 0 Å². The van der Waals surface area contributed by atoms with E-state index in [-0.39, 0.29) is 48.6 Å². The predicted octanol–water partition coefficient (Wildman–Crippen LogP) is 2.50. The normalized spacial score (nSPS) is 32.7. The fourth-order valence-corrected chi connectivity index (χ4v) is 3.68. The first-order chi connectivity index (χ1) is 12.1. The Morgan fingerprint density at radius 3 is 2.58 bits per heavy atom. The molecule has 3 atom stereocenters. The van der Waals surface area contributed by atoms with Gasteiger partial charge in [0.05, 0.1) is 12.7 Å². The highest BCUT2D eigenvalue weighted by atomic mass is 16.5. The lowest BCUT2D eigenvalue weighted by atomic mass is 9.87. The van der Waals surface area contributed by atoms with E-state index >= 15 is 0 Å². The Labute approximate surface area is 153 Å². The van der Waals surface area contributed by atoms with Crippen molar-refractivity contribution in [1.82, 2.24) is 0 Å². The Hall–Kier alpha value is -2.08. The molecule has 0 spiro atoms. The molecule has 0 saturated carbocycles. The highest BCUT2D eigenvalue weighted by molar-refractivity contribution is 5.97. The molecule has 2 bridgehead atoms. The smallest absolute Gasteiger partial charge is 0.333 e. The number of Topliss-reactive ketones (excluding diaryl/α,β-unsaturated/α-hetero) is 3. The van der Waals surface area contributed by atoms with Gasteiger partial charge in [-0.05, 0) is 26.7 Å². The summed E-state index contributed by atoms with van der Waals surface area (Å²) in [5.41, 5.74) is 0.0453. The summed E-state index contributed by atoms with van der Waals surface area (Å²) in [5, 5.41) is 0. The van der Waals surface area contributed by atoms with Crippen LogP contribution in [0.4, 0.5) is 0 Å². The zero-order chi connectivity index (χ0) is 19.5.